The molecule has 29 heavy (non-hydrogen) atoms. The third kappa shape index (κ3) is 15.5. The predicted octanol–water partition coefficient (Wildman–Crippen LogP) is 2.53. The second-order valence-electron chi connectivity index (χ2n) is 9.09. The summed E-state index contributed by atoms with van der Waals surface area (Å²) in [6.45, 7) is 13.1. The van der Waals surface area contributed by atoms with E-state index in [4.69, 9.17) is 13.7 Å². The first kappa shape index (κ1) is 29.0. The van der Waals surface area contributed by atoms with Crippen LogP contribution in [0.15, 0.2) is 0 Å². The molecule has 2 rings (SSSR count). The lowest BCUT2D eigenvalue weighted by molar-refractivity contribution is -0.124. The highest BCUT2D eigenvalue weighted by atomic mass is 35.7. The van der Waals surface area contributed by atoms with Gasteiger partial charge in [-0.2, -0.15) is 8.42 Å². The van der Waals surface area contributed by atoms with Crippen LogP contribution in [0.4, 0.5) is 0 Å². The molecule has 2 fully saturated rings. The Hall–Kier alpha value is 0.0300. The summed E-state index contributed by atoms with van der Waals surface area (Å²) in [6.07, 6.45) is 2.95. The van der Waals surface area contributed by atoms with E-state index in [1.165, 1.54) is 0 Å². The van der Waals surface area contributed by atoms with Crippen LogP contribution in [0.3, 0.4) is 0 Å². The molecule has 0 unspecified atom stereocenters. The second kappa shape index (κ2) is 11.1. The number of ether oxygens (including phenoxy) is 2. The molecular weight excluding hydrogens is 444 g/mol. The number of hydrogen-bond acceptors (Lipinski definition) is 8. The summed E-state index contributed by atoms with van der Waals surface area (Å²) in [6, 6.07) is 0. The van der Waals surface area contributed by atoms with Crippen molar-refractivity contribution in [1.82, 2.24) is 0 Å². The summed E-state index contributed by atoms with van der Waals surface area (Å²) < 4.78 is 56.8. The Labute approximate surface area is 180 Å². The van der Waals surface area contributed by atoms with Crippen molar-refractivity contribution in [2.75, 3.05) is 25.7 Å². The van der Waals surface area contributed by atoms with Crippen molar-refractivity contribution in [2.24, 2.45) is 11.8 Å². The van der Waals surface area contributed by atoms with E-state index in [9.17, 15) is 21.9 Å². The molecule has 8 nitrogen and oxygen atoms in total. The summed E-state index contributed by atoms with van der Waals surface area (Å²) in [5, 5.41) is 9.43. The first-order valence-electron chi connectivity index (χ1n) is 9.45. The minimum Gasteiger partial charge on any atom is -0.393 e. The summed E-state index contributed by atoms with van der Waals surface area (Å²) in [5.41, 5.74) is -0.409. The van der Waals surface area contributed by atoms with Crippen molar-refractivity contribution in [3.05, 3.63) is 0 Å². The Kier molecular flexibility index (Phi) is 11.1. The van der Waals surface area contributed by atoms with Gasteiger partial charge in [0.15, 0.2) is 0 Å². The van der Waals surface area contributed by atoms with Crippen LogP contribution in [0.5, 0.6) is 0 Å². The largest absolute Gasteiger partial charge is 0.393 e. The molecule has 2 aliphatic heterocycles. The van der Waals surface area contributed by atoms with Gasteiger partial charge in [0.1, 0.15) is 0 Å². The molecule has 0 bridgehead atoms. The summed E-state index contributed by atoms with van der Waals surface area (Å²) in [7, 11) is -2.05. The molecule has 4 atom stereocenters. The van der Waals surface area contributed by atoms with Crippen LogP contribution in [0.2, 0.25) is 0 Å². The predicted molar refractivity (Wildman–Crippen MR) is 114 cm³/mol. The van der Waals surface area contributed by atoms with Crippen molar-refractivity contribution in [3.63, 3.8) is 0 Å². The maximum atomic E-state index is 11.0. The molecule has 0 aliphatic carbocycles. The maximum Gasteiger partial charge on any atom is 0.264 e. The maximum absolute atomic E-state index is 11.0. The lowest BCUT2D eigenvalue weighted by Crippen LogP contribution is -2.43. The summed E-state index contributed by atoms with van der Waals surface area (Å²) in [4.78, 5) is 0. The monoisotopic (exact) mass is 480 g/mol. The molecule has 2 saturated heterocycles. The molecule has 0 amide bonds. The van der Waals surface area contributed by atoms with Crippen molar-refractivity contribution in [2.45, 2.75) is 77.8 Å². The van der Waals surface area contributed by atoms with Gasteiger partial charge >= 0.3 is 0 Å². The van der Waals surface area contributed by atoms with E-state index in [-0.39, 0.29) is 29.3 Å². The third-order valence-electron chi connectivity index (χ3n) is 4.46. The number of aliphatic hydroxyl groups is 1. The molecule has 2 heterocycles. The van der Waals surface area contributed by atoms with Crippen molar-refractivity contribution >= 4 is 29.9 Å². The molecule has 0 aromatic carbocycles. The highest BCUT2D eigenvalue weighted by Gasteiger charge is 2.36. The van der Waals surface area contributed by atoms with Crippen LogP contribution in [0, 0.1) is 11.8 Å². The van der Waals surface area contributed by atoms with Gasteiger partial charge < -0.3 is 14.6 Å². The van der Waals surface area contributed by atoms with Crippen LogP contribution in [0.1, 0.15) is 54.4 Å². The zero-order valence-corrected chi connectivity index (χ0v) is 21.0. The Morgan fingerprint density at radius 2 is 1.28 bits per heavy atom. The quantitative estimate of drug-likeness (QED) is 0.473. The van der Waals surface area contributed by atoms with E-state index in [0.717, 1.165) is 18.9 Å². The highest BCUT2D eigenvalue weighted by molar-refractivity contribution is 8.13. The second-order valence-corrected chi connectivity index (χ2v) is 13.7. The van der Waals surface area contributed by atoms with Gasteiger partial charge in [-0.1, -0.05) is 13.8 Å². The van der Waals surface area contributed by atoms with Crippen molar-refractivity contribution < 1.29 is 35.6 Å². The fraction of sp³-hybridized carbons (Fsp3) is 1.00. The normalized spacial score (nSPS) is 31.5. The molecule has 0 aromatic heterocycles. The lowest BCUT2D eigenvalue weighted by Gasteiger charge is -2.38. The Morgan fingerprint density at radius 1 is 0.897 bits per heavy atom. The van der Waals surface area contributed by atoms with E-state index >= 15 is 0 Å². The number of halogens is 1. The smallest absolute Gasteiger partial charge is 0.264 e. The van der Waals surface area contributed by atoms with E-state index in [1.807, 2.05) is 41.5 Å². The minimum absolute atomic E-state index is 0.119. The first-order valence-corrected chi connectivity index (χ1v) is 14.0. The number of rotatable bonds is 2. The van der Waals surface area contributed by atoms with Gasteiger partial charge in [0.25, 0.3) is 10.1 Å². The van der Waals surface area contributed by atoms with Gasteiger partial charge in [0, 0.05) is 35.4 Å². The molecule has 1 N–H and O–H groups in total. The molecule has 176 valence electrons. The summed E-state index contributed by atoms with van der Waals surface area (Å²) in [5.74, 6) is 0.422. The number of hydrogen-bond donors (Lipinski definition) is 1. The highest BCUT2D eigenvalue weighted by Crippen LogP contribution is 2.30. The number of aliphatic hydroxyl groups excluding tert-OH is 1. The van der Waals surface area contributed by atoms with E-state index in [2.05, 4.69) is 10.7 Å². The van der Waals surface area contributed by atoms with Crippen molar-refractivity contribution in [3.8, 4) is 0 Å². The standard InChI is InChI=1S/C9H18O4S.C8H16O2.CH3ClO2S/c1-7-6-12-9(2,3)5-8(7)13-14(4,10)11;1-6-5-10-8(2,3)4-7(6)9;1-5(2,3)4/h7-8H,5-6H2,1-4H3;6-7,9H,4-5H2,1-3H3;1H3/t7-,8-;6-,7-;/m00./s1. The van der Waals surface area contributed by atoms with Gasteiger partial charge in [-0.05, 0) is 27.7 Å². The Morgan fingerprint density at radius 3 is 1.62 bits per heavy atom. The fourth-order valence-corrected chi connectivity index (χ4v) is 3.50. The van der Waals surface area contributed by atoms with Gasteiger partial charge in [-0.25, -0.2) is 8.42 Å². The first-order chi connectivity index (χ1) is 12.7. The van der Waals surface area contributed by atoms with Gasteiger partial charge in [0.2, 0.25) is 9.05 Å². The van der Waals surface area contributed by atoms with Gasteiger partial charge in [-0.15, -0.1) is 0 Å². The van der Waals surface area contributed by atoms with E-state index < -0.39 is 19.2 Å². The average Bonchev–Trinajstić information content (AvgIpc) is 2.44. The summed E-state index contributed by atoms with van der Waals surface area (Å²) >= 11 is 0. The molecule has 0 spiro atoms. The molecule has 0 radical (unpaired) electrons. The fourth-order valence-electron chi connectivity index (χ4n) is 2.79. The molecule has 0 aromatic rings. The molecule has 2 aliphatic rings. The minimum atomic E-state index is -3.36. The topological polar surface area (TPSA) is 116 Å². The molecule has 11 heteroatoms. The van der Waals surface area contributed by atoms with Crippen LogP contribution < -0.4 is 0 Å². The van der Waals surface area contributed by atoms with Crippen LogP contribution in [-0.4, -0.2) is 71.1 Å². The van der Waals surface area contributed by atoms with Crippen LogP contribution in [0.25, 0.3) is 0 Å². The van der Waals surface area contributed by atoms with Crippen LogP contribution >= 0.6 is 10.7 Å². The lowest BCUT2D eigenvalue weighted by atomic mass is 9.90. The van der Waals surface area contributed by atoms with Gasteiger partial charge in [-0.3, -0.25) is 4.18 Å². The Balaban J connectivity index is 0.000000455. The van der Waals surface area contributed by atoms with E-state index in [0.29, 0.717) is 25.6 Å². The zero-order valence-electron chi connectivity index (χ0n) is 18.6. The molecule has 0 saturated carbocycles. The average molecular weight is 481 g/mol. The van der Waals surface area contributed by atoms with Crippen LogP contribution in [-0.2, 0) is 32.8 Å². The van der Waals surface area contributed by atoms with E-state index in [1.54, 1.807) is 0 Å². The molecular formula is C18H37ClO8S2. The SMILES string of the molecule is CS(=O)(=O)Cl.C[C@H]1COC(C)(C)C[C@@H]1O.C[C@H]1COC(C)(C)C[C@@H]1OS(C)(=O)=O. The zero-order chi connectivity index (χ0) is 23.3. The van der Waals surface area contributed by atoms with Gasteiger partial charge in [0.05, 0.1) is 49.1 Å². The Bertz CT molecular complexity index is 695. The van der Waals surface area contributed by atoms with Crippen molar-refractivity contribution in [1.29, 1.82) is 0 Å². The third-order valence-corrected chi connectivity index (χ3v) is 5.05.